The Labute approximate surface area is 298 Å². The number of fused-ring (bicyclic) bond motifs is 1. The molecule has 0 aliphatic carbocycles. The van der Waals surface area contributed by atoms with E-state index in [1.54, 1.807) is 20.4 Å². The molecule has 1 fully saturated rings. The average molecular weight is 705 g/mol. The molecule has 1 atom stereocenters. The molecular formula is C38H43Cl2N5O4. The van der Waals surface area contributed by atoms with E-state index in [0.717, 1.165) is 71.6 Å². The van der Waals surface area contributed by atoms with Crippen molar-refractivity contribution in [3.05, 3.63) is 81.5 Å². The number of carbonyl (C=O) groups excluding carboxylic acids is 1. The van der Waals surface area contributed by atoms with Crippen LogP contribution >= 0.6 is 23.2 Å². The lowest BCUT2D eigenvalue weighted by Crippen LogP contribution is -2.35. The van der Waals surface area contributed by atoms with Crippen molar-refractivity contribution in [3.63, 3.8) is 0 Å². The van der Waals surface area contributed by atoms with Gasteiger partial charge in [-0.1, -0.05) is 47.5 Å². The van der Waals surface area contributed by atoms with Crippen molar-refractivity contribution in [3.8, 4) is 45.3 Å². The Balaban J connectivity index is 1.25. The number of nitrogens with one attached hydrogen (secondary N) is 2. The monoisotopic (exact) mass is 703 g/mol. The molecule has 49 heavy (non-hydrogen) atoms. The van der Waals surface area contributed by atoms with Gasteiger partial charge in [-0.2, -0.15) is 0 Å². The molecule has 9 nitrogen and oxygen atoms in total. The predicted molar refractivity (Wildman–Crippen MR) is 194 cm³/mol. The SMILES string of the molecule is COc1cc(-c2nccc(-c3cccc(-c4ccc(CNC[C@@H]5CCC(=O)N5)c(OC)n4)c3Cl)c2Cl)cc2c1CN(CCC(C)(C)O)CC2. The van der Waals surface area contributed by atoms with E-state index in [1.165, 1.54) is 5.56 Å². The molecule has 0 radical (unpaired) electrons. The highest BCUT2D eigenvalue weighted by Gasteiger charge is 2.25. The zero-order valence-electron chi connectivity index (χ0n) is 28.4. The lowest BCUT2D eigenvalue weighted by Gasteiger charge is -2.32. The number of methoxy groups -OCH3 is 2. The molecule has 3 N–H and O–H groups in total. The normalized spacial score (nSPS) is 16.4. The maximum atomic E-state index is 11.5. The maximum Gasteiger partial charge on any atom is 0.220 e. The largest absolute Gasteiger partial charge is 0.496 e. The van der Waals surface area contributed by atoms with Crippen LogP contribution in [0.3, 0.4) is 0 Å². The van der Waals surface area contributed by atoms with E-state index in [1.807, 2.05) is 56.3 Å². The number of hydrogen-bond donors (Lipinski definition) is 3. The van der Waals surface area contributed by atoms with Crippen molar-refractivity contribution < 1.29 is 19.4 Å². The molecule has 0 saturated carbocycles. The molecule has 11 heteroatoms. The summed E-state index contributed by atoms with van der Waals surface area (Å²) in [6.07, 6.45) is 4.73. The number of nitrogens with zero attached hydrogens (tertiary/aromatic N) is 3. The van der Waals surface area contributed by atoms with E-state index in [9.17, 15) is 9.90 Å². The third kappa shape index (κ3) is 8.03. The summed E-state index contributed by atoms with van der Waals surface area (Å²) >= 11 is 14.3. The lowest BCUT2D eigenvalue weighted by atomic mass is 9.93. The summed E-state index contributed by atoms with van der Waals surface area (Å²) in [5.74, 6) is 1.41. The maximum absolute atomic E-state index is 11.5. The van der Waals surface area contributed by atoms with Crippen LogP contribution in [0.2, 0.25) is 10.0 Å². The number of aromatic nitrogens is 2. The highest BCUT2D eigenvalue weighted by atomic mass is 35.5. The number of carbonyl (C=O) groups is 1. The van der Waals surface area contributed by atoms with Crippen molar-refractivity contribution in [1.82, 2.24) is 25.5 Å². The Bertz CT molecular complexity index is 1830. The van der Waals surface area contributed by atoms with E-state index in [4.69, 9.17) is 42.6 Å². The van der Waals surface area contributed by atoms with Crippen molar-refractivity contribution >= 4 is 29.1 Å². The topological polar surface area (TPSA) is 109 Å². The van der Waals surface area contributed by atoms with Crippen LogP contribution in [0.1, 0.15) is 49.8 Å². The summed E-state index contributed by atoms with van der Waals surface area (Å²) in [6.45, 7) is 7.40. The molecule has 4 heterocycles. The fraction of sp³-hybridized carbons (Fsp3) is 0.395. The smallest absolute Gasteiger partial charge is 0.220 e. The summed E-state index contributed by atoms with van der Waals surface area (Å²) in [5.41, 5.74) is 7.07. The van der Waals surface area contributed by atoms with Gasteiger partial charge in [0.1, 0.15) is 5.75 Å². The Morgan fingerprint density at radius 3 is 2.57 bits per heavy atom. The first-order chi connectivity index (χ1) is 23.5. The first-order valence-corrected chi connectivity index (χ1v) is 17.4. The van der Waals surface area contributed by atoms with Crippen molar-refractivity contribution in [2.45, 2.75) is 64.3 Å². The summed E-state index contributed by atoms with van der Waals surface area (Å²) in [7, 11) is 3.29. The van der Waals surface area contributed by atoms with Gasteiger partial charge in [-0.15, -0.1) is 0 Å². The van der Waals surface area contributed by atoms with Gasteiger partial charge in [0.25, 0.3) is 0 Å². The summed E-state index contributed by atoms with van der Waals surface area (Å²) in [6, 6.07) is 15.9. The molecule has 2 aromatic heterocycles. The summed E-state index contributed by atoms with van der Waals surface area (Å²) < 4.78 is 11.5. The molecule has 0 spiro atoms. The Morgan fingerprint density at radius 1 is 1.04 bits per heavy atom. The van der Waals surface area contributed by atoms with Crippen LogP contribution in [-0.2, 0) is 24.3 Å². The summed E-state index contributed by atoms with van der Waals surface area (Å²) in [4.78, 5) is 23.4. The van der Waals surface area contributed by atoms with Gasteiger partial charge in [0.2, 0.25) is 11.8 Å². The van der Waals surface area contributed by atoms with E-state index >= 15 is 0 Å². The number of hydrogen-bond acceptors (Lipinski definition) is 8. The first-order valence-electron chi connectivity index (χ1n) is 16.7. The van der Waals surface area contributed by atoms with Gasteiger partial charge in [0.05, 0.1) is 41.3 Å². The van der Waals surface area contributed by atoms with Crippen molar-refractivity contribution in [2.24, 2.45) is 0 Å². The molecule has 0 bridgehead atoms. The lowest BCUT2D eigenvalue weighted by molar-refractivity contribution is -0.119. The Morgan fingerprint density at radius 2 is 1.84 bits per heavy atom. The second-order valence-electron chi connectivity index (χ2n) is 13.4. The van der Waals surface area contributed by atoms with E-state index < -0.39 is 5.60 Å². The average Bonchev–Trinajstić information content (AvgIpc) is 3.51. The van der Waals surface area contributed by atoms with Gasteiger partial charge in [0, 0.05) is 84.8 Å². The second kappa shape index (κ2) is 15.0. The van der Waals surface area contributed by atoms with Gasteiger partial charge >= 0.3 is 0 Å². The fourth-order valence-electron chi connectivity index (χ4n) is 6.56. The van der Waals surface area contributed by atoms with Gasteiger partial charge in [-0.25, -0.2) is 4.98 Å². The zero-order valence-corrected chi connectivity index (χ0v) is 29.9. The minimum absolute atomic E-state index is 0.102. The van der Waals surface area contributed by atoms with Gasteiger partial charge < -0.3 is 25.2 Å². The minimum atomic E-state index is -0.701. The first kappa shape index (κ1) is 35.1. The number of aliphatic hydroxyl groups is 1. The molecule has 2 aliphatic rings. The highest BCUT2D eigenvalue weighted by molar-refractivity contribution is 6.39. The molecular weight excluding hydrogens is 661 g/mol. The van der Waals surface area contributed by atoms with E-state index in [0.29, 0.717) is 53.2 Å². The van der Waals surface area contributed by atoms with Crippen LogP contribution in [0.5, 0.6) is 11.6 Å². The Hall–Kier alpha value is -3.73. The van der Waals surface area contributed by atoms with Crippen LogP contribution in [0.25, 0.3) is 33.6 Å². The fourth-order valence-corrected chi connectivity index (χ4v) is 7.21. The number of ether oxygens (including phenoxy) is 2. The van der Waals surface area contributed by atoms with E-state index in [-0.39, 0.29) is 11.9 Å². The van der Waals surface area contributed by atoms with Crippen LogP contribution in [0.4, 0.5) is 0 Å². The molecule has 2 aromatic carbocycles. The predicted octanol–water partition coefficient (Wildman–Crippen LogP) is 6.69. The van der Waals surface area contributed by atoms with Crippen LogP contribution in [0, 0.1) is 0 Å². The van der Waals surface area contributed by atoms with Crippen molar-refractivity contribution in [1.29, 1.82) is 0 Å². The van der Waals surface area contributed by atoms with Crippen LogP contribution in [0.15, 0.2) is 54.7 Å². The standard InChI is InChI=1S/C38H43Cl2N5O4/c1-38(2,47)14-17-45-16-13-23-18-25(19-32(48-3)30(23)22-45)36-35(40)28(12-15-42-36)27-6-5-7-29(34(27)39)31-10-8-24(37(44-31)49-4)20-41-21-26-9-11-33(46)43-26/h5-8,10,12,15,18-19,26,41,47H,9,11,13-14,16-17,20-22H2,1-4H3,(H,43,46)/t26-/m0/s1. The van der Waals surface area contributed by atoms with Gasteiger partial charge in [-0.3, -0.25) is 14.7 Å². The number of pyridine rings is 2. The second-order valence-corrected chi connectivity index (χ2v) is 14.1. The number of amides is 1. The highest BCUT2D eigenvalue weighted by Crippen LogP contribution is 2.43. The quantitative estimate of drug-likeness (QED) is 0.150. The molecule has 1 saturated heterocycles. The number of halogens is 2. The third-order valence-electron chi connectivity index (χ3n) is 9.29. The molecule has 6 rings (SSSR count). The molecule has 2 aliphatic heterocycles. The molecule has 0 unspecified atom stereocenters. The number of rotatable bonds is 12. The molecule has 1 amide bonds. The zero-order chi connectivity index (χ0) is 34.7. The van der Waals surface area contributed by atoms with Gasteiger partial charge in [0.15, 0.2) is 0 Å². The summed E-state index contributed by atoms with van der Waals surface area (Å²) in [5, 5.41) is 17.6. The van der Waals surface area contributed by atoms with Crippen molar-refractivity contribution in [2.75, 3.05) is 33.9 Å². The van der Waals surface area contributed by atoms with Crippen LogP contribution in [-0.4, -0.2) is 71.4 Å². The molecule has 4 aromatic rings. The van der Waals surface area contributed by atoms with Gasteiger partial charge in [-0.05, 0) is 62.9 Å². The minimum Gasteiger partial charge on any atom is -0.496 e. The molecule has 258 valence electrons. The van der Waals surface area contributed by atoms with Crippen LogP contribution < -0.4 is 20.1 Å². The van der Waals surface area contributed by atoms with E-state index in [2.05, 4.69) is 21.6 Å². The Kier molecular flexibility index (Phi) is 10.8. The third-order valence-corrected chi connectivity index (χ3v) is 10.1. The number of benzene rings is 2.